The molecule has 25 heavy (non-hydrogen) atoms. The molecule has 0 radical (unpaired) electrons. The summed E-state index contributed by atoms with van der Waals surface area (Å²) >= 11 is 0. The Kier molecular flexibility index (Phi) is 3.85. The van der Waals surface area contributed by atoms with Gasteiger partial charge in [0.25, 0.3) is 0 Å². The van der Waals surface area contributed by atoms with Gasteiger partial charge in [0, 0.05) is 21.6 Å². The van der Waals surface area contributed by atoms with Crippen LogP contribution < -0.4 is 9.75 Å². The molecule has 0 fully saturated rings. The Morgan fingerprint density at radius 2 is 1.48 bits per heavy atom. The first-order chi connectivity index (χ1) is 11.3. The van der Waals surface area contributed by atoms with Crippen LogP contribution >= 0.6 is 0 Å². The van der Waals surface area contributed by atoms with Crippen molar-refractivity contribution in [3.05, 3.63) is 46.9 Å². The number of halogens is 1. The van der Waals surface area contributed by atoms with Gasteiger partial charge in [-0.1, -0.05) is 47.3 Å². The molecule has 1 heterocycles. The van der Waals surface area contributed by atoms with Crippen LogP contribution in [0.2, 0.25) is 19.6 Å². The molecule has 1 aromatic carbocycles. The second-order valence-electron chi connectivity index (χ2n) is 9.75. The Bertz CT molecular complexity index is 873. The largest absolute Gasteiger partial charge is 0.216 e. The number of nitrogens with zero attached hydrogens (tertiary/aromatic N) is 1. The van der Waals surface area contributed by atoms with E-state index in [4.69, 9.17) is 0 Å². The maximum Gasteiger partial charge on any atom is 0.216 e. The number of aryl methyl sites for hydroxylation is 2. The fourth-order valence-corrected chi connectivity index (χ4v) is 5.30. The molecule has 0 atom stereocenters. The van der Waals surface area contributed by atoms with Crippen molar-refractivity contribution in [3.8, 4) is 11.3 Å². The van der Waals surface area contributed by atoms with Crippen molar-refractivity contribution in [2.24, 2.45) is 7.05 Å². The standard InChI is InChI=1S/C22H31FNSi/c1-14-10-15(23)11-17-19(14)20-18(22(4,5)21(17,2)3)12-16(13-24(20)6)25(7,8)9/h10-13H,1-9H3/q+1. The van der Waals surface area contributed by atoms with Crippen LogP contribution in [0.4, 0.5) is 4.39 Å². The van der Waals surface area contributed by atoms with Crippen molar-refractivity contribution in [2.45, 2.75) is 65.1 Å². The van der Waals surface area contributed by atoms with E-state index in [0.29, 0.717) is 0 Å². The van der Waals surface area contributed by atoms with Crippen molar-refractivity contribution in [1.82, 2.24) is 0 Å². The Morgan fingerprint density at radius 3 is 2.04 bits per heavy atom. The Morgan fingerprint density at radius 1 is 0.920 bits per heavy atom. The molecule has 0 N–H and O–H groups in total. The predicted molar refractivity (Wildman–Crippen MR) is 107 cm³/mol. The Hall–Kier alpha value is -1.48. The summed E-state index contributed by atoms with van der Waals surface area (Å²) in [5.41, 5.74) is 5.78. The van der Waals surface area contributed by atoms with Crippen LogP contribution in [0.5, 0.6) is 0 Å². The van der Waals surface area contributed by atoms with E-state index in [1.807, 2.05) is 6.92 Å². The average molecular weight is 357 g/mol. The second-order valence-corrected chi connectivity index (χ2v) is 14.8. The third-order valence-corrected chi connectivity index (χ3v) is 8.56. The quantitative estimate of drug-likeness (QED) is 0.513. The molecule has 0 bridgehead atoms. The maximum absolute atomic E-state index is 14.2. The molecule has 1 aliphatic rings. The zero-order chi connectivity index (χ0) is 18.9. The first-order valence-electron chi connectivity index (χ1n) is 9.14. The topological polar surface area (TPSA) is 3.88 Å². The molecule has 134 valence electrons. The molecule has 0 saturated heterocycles. The van der Waals surface area contributed by atoms with E-state index in [1.54, 1.807) is 12.1 Å². The molecule has 0 amide bonds. The SMILES string of the molecule is Cc1cc(F)cc2c1-c1c(cc([Si](C)(C)C)c[n+]1C)C(C)(C)C2(C)C. The number of aromatic nitrogens is 1. The maximum atomic E-state index is 14.2. The van der Waals surface area contributed by atoms with Gasteiger partial charge in [0.05, 0.1) is 13.6 Å². The van der Waals surface area contributed by atoms with Crippen molar-refractivity contribution >= 4 is 13.3 Å². The number of benzene rings is 1. The minimum Gasteiger partial charge on any atom is -0.207 e. The molecule has 0 unspecified atom stereocenters. The van der Waals surface area contributed by atoms with E-state index >= 15 is 0 Å². The highest BCUT2D eigenvalue weighted by Crippen LogP contribution is 2.53. The summed E-state index contributed by atoms with van der Waals surface area (Å²) in [5, 5.41) is 1.47. The van der Waals surface area contributed by atoms with Crippen LogP contribution in [-0.4, -0.2) is 8.07 Å². The van der Waals surface area contributed by atoms with Crippen molar-refractivity contribution < 1.29 is 8.96 Å². The number of rotatable bonds is 1. The fourth-order valence-electron chi connectivity index (χ4n) is 4.15. The van der Waals surface area contributed by atoms with Gasteiger partial charge in [-0.05, 0) is 36.2 Å². The molecule has 1 aromatic heterocycles. The van der Waals surface area contributed by atoms with Gasteiger partial charge in [-0.15, -0.1) is 0 Å². The first kappa shape index (κ1) is 18.3. The van der Waals surface area contributed by atoms with Crippen molar-refractivity contribution in [2.75, 3.05) is 0 Å². The number of pyridine rings is 1. The van der Waals surface area contributed by atoms with Crippen LogP contribution in [0.15, 0.2) is 24.4 Å². The summed E-state index contributed by atoms with van der Waals surface area (Å²) in [4.78, 5) is 0. The van der Waals surface area contributed by atoms with Gasteiger partial charge in [-0.3, -0.25) is 0 Å². The van der Waals surface area contributed by atoms with Gasteiger partial charge in [0.15, 0.2) is 6.20 Å². The van der Waals surface area contributed by atoms with Crippen LogP contribution in [0.25, 0.3) is 11.3 Å². The minimum atomic E-state index is -1.43. The van der Waals surface area contributed by atoms with Gasteiger partial charge in [-0.25, -0.2) is 8.96 Å². The molecule has 0 saturated carbocycles. The summed E-state index contributed by atoms with van der Waals surface area (Å²) in [5.74, 6) is -0.134. The van der Waals surface area contributed by atoms with Gasteiger partial charge in [0.2, 0.25) is 5.69 Å². The van der Waals surface area contributed by atoms with E-state index < -0.39 is 8.07 Å². The second kappa shape index (κ2) is 5.26. The molecular formula is C22H31FNSi+. The molecule has 1 aliphatic carbocycles. The van der Waals surface area contributed by atoms with Crippen LogP contribution in [0.1, 0.15) is 44.4 Å². The van der Waals surface area contributed by atoms with Gasteiger partial charge in [-0.2, -0.15) is 0 Å². The normalized spacial score (nSPS) is 17.8. The minimum absolute atomic E-state index is 0.0804. The molecule has 0 aliphatic heterocycles. The predicted octanol–water partition coefficient (Wildman–Crippen LogP) is 4.74. The lowest BCUT2D eigenvalue weighted by Gasteiger charge is -2.47. The fraction of sp³-hybridized carbons (Fsp3) is 0.500. The number of hydrogen-bond acceptors (Lipinski definition) is 0. The van der Waals surface area contributed by atoms with Crippen molar-refractivity contribution in [1.29, 1.82) is 0 Å². The first-order valence-corrected chi connectivity index (χ1v) is 12.6. The van der Waals surface area contributed by atoms with Crippen LogP contribution in [0.3, 0.4) is 0 Å². The number of hydrogen-bond donors (Lipinski definition) is 0. The lowest BCUT2D eigenvalue weighted by atomic mass is 9.56. The van der Waals surface area contributed by atoms with E-state index in [0.717, 1.165) is 11.1 Å². The molecule has 3 heteroatoms. The molecular weight excluding hydrogens is 325 g/mol. The highest BCUT2D eigenvalue weighted by atomic mass is 28.3. The van der Waals surface area contributed by atoms with E-state index in [2.05, 4.69) is 71.2 Å². The van der Waals surface area contributed by atoms with E-state index in [1.165, 1.54) is 22.0 Å². The molecule has 0 spiro atoms. The van der Waals surface area contributed by atoms with Crippen LogP contribution in [0, 0.1) is 12.7 Å². The van der Waals surface area contributed by atoms with Crippen molar-refractivity contribution in [3.63, 3.8) is 0 Å². The van der Waals surface area contributed by atoms with Gasteiger partial charge in [0.1, 0.15) is 12.9 Å². The third-order valence-electron chi connectivity index (χ3n) is 6.55. The lowest BCUT2D eigenvalue weighted by molar-refractivity contribution is -0.660. The summed E-state index contributed by atoms with van der Waals surface area (Å²) in [6.07, 6.45) is 2.30. The Balaban J connectivity index is 2.49. The molecule has 1 nitrogen and oxygen atoms in total. The highest BCUT2D eigenvalue weighted by molar-refractivity contribution is 6.88. The molecule has 2 aromatic rings. The van der Waals surface area contributed by atoms with Gasteiger partial charge < -0.3 is 0 Å². The molecule has 3 rings (SSSR count). The van der Waals surface area contributed by atoms with Gasteiger partial charge >= 0.3 is 0 Å². The smallest absolute Gasteiger partial charge is 0.207 e. The average Bonchev–Trinajstić information content (AvgIpc) is 2.44. The zero-order valence-corrected chi connectivity index (χ0v) is 18.1. The summed E-state index contributed by atoms with van der Waals surface area (Å²) < 4.78 is 16.5. The summed E-state index contributed by atoms with van der Waals surface area (Å²) in [6, 6.07) is 5.86. The monoisotopic (exact) mass is 356 g/mol. The highest BCUT2D eigenvalue weighted by Gasteiger charge is 2.50. The third kappa shape index (κ3) is 2.50. The number of fused-ring (bicyclic) bond motifs is 3. The lowest BCUT2D eigenvalue weighted by Crippen LogP contribution is -2.52. The Labute approximate surface area is 152 Å². The summed E-state index contributed by atoms with van der Waals surface area (Å²) in [6.45, 7) is 18.3. The zero-order valence-electron chi connectivity index (χ0n) is 17.1. The van der Waals surface area contributed by atoms with Crippen LogP contribution in [-0.2, 0) is 17.9 Å². The summed E-state index contributed by atoms with van der Waals surface area (Å²) in [7, 11) is 0.715. The van der Waals surface area contributed by atoms with E-state index in [-0.39, 0.29) is 16.6 Å². The van der Waals surface area contributed by atoms with E-state index in [9.17, 15) is 4.39 Å².